The minimum Gasteiger partial charge on any atom is -0.466 e. The third kappa shape index (κ3) is 3.92. The van der Waals surface area contributed by atoms with Gasteiger partial charge in [-0.3, -0.25) is 4.79 Å². The number of aryl methyl sites for hydroxylation is 1. The topological polar surface area (TPSA) is 46.6 Å². The summed E-state index contributed by atoms with van der Waals surface area (Å²) in [6, 6.07) is 13.8. The van der Waals surface area contributed by atoms with Crippen molar-refractivity contribution in [2.24, 2.45) is 0 Å². The van der Waals surface area contributed by atoms with E-state index in [1.165, 1.54) is 19.2 Å². The first-order valence-corrected chi connectivity index (χ1v) is 8.81. The summed E-state index contributed by atoms with van der Waals surface area (Å²) in [5.41, 5.74) is 3.86. The van der Waals surface area contributed by atoms with Crippen LogP contribution in [0, 0.1) is 12.7 Å². The van der Waals surface area contributed by atoms with E-state index in [0.717, 1.165) is 16.7 Å². The van der Waals surface area contributed by atoms with Gasteiger partial charge in [-0.2, -0.15) is 0 Å². The summed E-state index contributed by atoms with van der Waals surface area (Å²) in [4.78, 5) is 27.0. The SMILES string of the molecule is COC(=O)C1=C(C)N(Cc2ccc(C)cc2)C(=O)CC1c1ccc(F)cc1. The number of methoxy groups -OCH3 is 1. The summed E-state index contributed by atoms with van der Waals surface area (Å²) in [6.07, 6.45) is 0.138. The lowest BCUT2D eigenvalue weighted by molar-refractivity contribution is -0.138. The molecule has 0 saturated heterocycles. The van der Waals surface area contributed by atoms with E-state index < -0.39 is 11.9 Å². The Kier molecular flexibility index (Phi) is 5.40. The van der Waals surface area contributed by atoms with Gasteiger partial charge in [0.15, 0.2) is 0 Å². The predicted molar refractivity (Wildman–Crippen MR) is 100 cm³/mol. The van der Waals surface area contributed by atoms with E-state index in [-0.39, 0.29) is 18.1 Å². The molecule has 0 fully saturated rings. The number of rotatable bonds is 4. The summed E-state index contributed by atoms with van der Waals surface area (Å²) in [6.45, 7) is 4.15. The largest absolute Gasteiger partial charge is 0.466 e. The lowest BCUT2D eigenvalue weighted by Crippen LogP contribution is -2.37. The molecule has 1 heterocycles. The van der Waals surface area contributed by atoms with Crippen molar-refractivity contribution in [1.29, 1.82) is 0 Å². The van der Waals surface area contributed by atoms with E-state index >= 15 is 0 Å². The maximum absolute atomic E-state index is 13.3. The number of ether oxygens (including phenoxy) is 1. The normalized spacial score (nSPS) is 17.3. The first-order valence-electron chi connectivity index (χ1n) is 8.81. The number of benzene rings is 2. The van der Waals surface area contributed by atoms with Crippen LogP contribution in [0.3, 0.4) is 0 Å². The standard InChI is InChI=1S/C22H22FNO3/c1-14-4-6-16(7-5-14)13-24-15(2)21(22(26)27-3)19(12-20(24)25)17-8-10-18(23)11-9-17/h4-11,19H,12-13H2,1-3H3. The second-order valence-corrected chi connectivity index (χ2v) is 6.76. The highest BCUT2D eigenvalue weighted by atomic mass is 19.1. The van der Waals surface area contributed by atoms with Crippen LogP contribution in [0.4, 0.5) is 4.39 Å². The molecule has 0 bridgehead atoms. The third-order valence-electron chi connectivity index (χ3n) is 4.96. The molecule has 1 unspecified atom stereocenters. The van der Waals surface area contributed by atoms with Crippen molar-refractivity contribution < 1.29 is 18.7 Å². The molecule has 140 valence electrons. The van der Waals surface area contributed by atoms with E-state index in [1.807, 2.05) is 31.2 Å². The predicted octanol–water partition coefficient (Wildman–Crippen LogP) is 4.10. The van der Waals surface area contributed by atoms with E-state index in [1.54, 1.807) is 24.0 Å². The van der Waals surface area contributed by atoms with Crippen LogP contribution in [0.15, 0.2) is 59.8 Å². The molecule has 5 heteroatoms. The van der Waals surface area contributed by atoms with Gasteiger partial charge in [-0.25, -0.2) is 9.18 Å². The minimum absolute atomic E-state index is 0.0740. The molecule has 27 heavy (non-hydrogen) atoms. The Bertz CT molecular complexity index is 885. The maximum atomic E-state index is 13.3. The Morgan fingerprint density at radius 3 is 2.33 bits per heavy atom. The van der Waals surface area contributed by atoms with Crippen LogP contribution in [0.1, 0.15) is 36.0 Å². The fourth-order valence-corrected chi connectivity index (χ4v) is 3.43. The fourth-order valence-electron chi connectivity index (χ4n) is 3.43. The van der Waals surface area contributed by atoms with E-state index in [0.29, 0.717) is 17.8 Å². The average Bonchev–Trinajstić information content (AvgIpc) is 2.66. The molecule has 2 aromatic rings. The van der Waals surface area contributed by atoms with Gasteiger partial charge in [0.2, 0.25) is 5.91 Å². The molecule has 0 N–H and O–H groups in total. The molecule has 1 aliphatic heterocycles. The molecular formula is C22H22FNO3. The van der Waals surface area contributed by atoms with Crippen LogP contribution in [0.5, 0.6) is 0 Å². The molecule has 0 aliphatic carbocycles. The van der Waals surface area contributed by atoms with Gasteiger partial charge in [0.25, 0.3) is 0 Å². The summed E-state index contributed by atoms with van der Waals surface area (Å²) >= 11 is 0. The molecule has 1 amide bonds. The van der Waals surface area contributed by atoms with Crippen molar-refractivity contribution in [3.05, 3.63) is 82.3 Å². The highest BCUT2D eigenvalue weighted by Crippen LogP contribution is 2.37. The van der Waals surface area contributed by atoms with Gasteiger partial charge in [0.1, 0.15) is 5.82 Å². The van der Waals surface area contributed by atoms with Gasteiger partial charge in [0, 0.05) is 18.0 Å². The van der Waals surface area contributed by atoms with Crippen LogP contribution in [0.25, 0.3) is 0 Å². The van der Waals surface area contributed by atoms with Crippen LogP contribution in [-0.2, 0) is 20.9 Å². The Hall–Kier alpha value is -2.95. The number of nitrogens with zero attached hydrogens (tertiary/aromatic N) is 1. The maximum Gasteiger partial charge on any atom is 0.336 e. The zero-order valence-electron chi connectivity index (χ0n) is 15.7. The molecule has 1 atom stereocenters. The van der Waals surface area contributed by atoms with Crippen molar-refractivity contribution in [3.8, 4) is 0 Å². The van der Waals surface area contributed by atoms with Gasteiger partial charge in [-0.1, -0.05) is 42.0 Å². The summed E-state index contributed by atoms with van der Waals surface area (Å²) in [5.74, 6) is -1.35. The number of hydrogen-bond acceptors (Lipinski definition) is 3. The molecule has 1 aliphatic rings. The van der Waals surface area contributed by atoms with Crippen molar-refractivity contribution in [2.45, 2.75) is 32.7 Å². The average molecular weight is 367 g/mol. The van der Waals surface area contributed by atoms with E-state index in [2.05, 4.69) is 0 Å². The van der Waals surface area contributed by atoms with Gasteiger partial charge in [0.05, 0.1) is 19.2 Å². The summed E-state index contributed by atoms with van der Waals surface area (Å²) in [7, 11) is 1.32. The quantitative estimate of drug-likeness (QED) is 0.765. The molecule has 2 aromatic carbocycles. The molecule has 0 spiro atoms. The van der Waals surface area contributed by atoms with Gasteiger partial charge < -0.3 is 9.64 Å². The van der Waals surface area contributed by atoms with Crippen LogP contribution < -0.4 is 0 Å². The smallest absolute Gasteiger partial charge is 0.336 e. The molecule has 0 radical (unpaired) electrons. The monoisotopic (exact) mass is 367 g/mol. The molecule has 4 nitrogen and oxygen atoms in total. The van der Waals surface area contributed by atoms with Crippen molar-refractivity contribution in [2.75, 3.05) is 7.11 Å². The number of hydrogen-bond donors (Lipinski definition) is 0. The molecule has 0 saturated carbocycles. The number of carbonyl (C=O) groups is 2. The number of amides is 1. The van der Waals surface area contributed by atoms with Crippen molar-refractivity contribution in [1.82, 2.24) is 4.90 Å². The molecule has 3 rings (SSSR count). The molecular weight excluding hydrogens is 345 g/mol. The first-order chi connectivity index (χ1) is 12.9. The number of esters is 1. The highest BCUT2D eigenvalue weighted by Gasteiger charge is 2.36. The van der Waals surface area contributed by atoms with Gasteiger partial charge in [-0.05, 0) is 37.1 Å². The Morgan fingerprint density at radius 2 is 1.74 bits per heavy atom. The number of carbonyl (C=O) groups excluding carboxylic acids is 2. The second kappa shape index (κ2) is 7.74. The minimum atomic E-state index is -0.469. The first kappa shape index (κ1) is 18.8. The summed E-state index contributed by atoms with van der Waals surface area (Å²) in [5, 5.41) is 0. The third-order valence-corrected chi connectivity index (χ3v) is 4.96. The Morgan fingerprint density at radius 1 is 1.11 bits per heavy atom. The zero-order valence-corrected chi connectivity index (χ0v) is 15.7. The van der Waals surface area contributed by atoms with Crippen LogP contribution >= 0.6 is 0 Å². The van der Waals surface area contributed by atoms with Crippen molar-refractivity contribution in [3.63, 3.8) is 0 Å². The number of allylic oxidation sites excluding steroid dienone is 1. The molecule has 0 aromatic heterocycles. The van der Waals surface area contributed by atoms with Crippen molar-refractivity contribution >= 4 is 11.9 Å². The van der Waals surface area contributed by atoms with Crippen LogP contribution in [-0.4, -0.2) is 23.9 Å². The van der Waals surface area contributed by atoms with Gasteiger partial charge in [-0.15, -0.1) is 0 Å². The summed E-state index contributed by atoms with van der Waals surface area (Å²) < 4.78 is 18.3. The van der Waals surface area contributed by atoms with Crippen LogP contribution in [0.2, 0.25) is 0 Å². The lowest BCUT2D eigenvalue weighted by Gasteiger charge is -2.34. The fraction of sp³-hybridized carbons (Fsp3) is 0.273. The number of halogens is 1. The van der Waals surface area contributed by atoms with E-state index in [4.69, 9.17) is 4.74 Å². The van der Waals surface area contributed by atoms with E-state index in [9.17, 15) is 14.0 Å². The Balaban J connectivity index is 2.00. The highest BCUT2D eigenvalue weighted by molar-refractivity contribution is 5.95. The lowest BCUT2D eigenvalue weighted by atomic mass is 9.83. The zero-order chi connectivity index (χ0) is 19.6. The van der Waals surface area contributed by atoms with Gasteiger partial charge >= 0.3 is 5.97 Å². The second-order valence-electron chi connectivity index (χ2n) is 6.76. The Labute approximate surface area is 158 Å².